The van der Waals surface area contributed by atoms with Gasteiger partial charge in [0.2, 0.25) is 0 Å². The molecule has 2 nitrogen and oxygen atoms in total. The van der Waals surface area contributed by atoms with Crippen LogP contribution in [0.2, 0.25) is 0 Å². The summed E-state index contributed by atoms with van der Waals surface area (Å²) in [5.74, 6) is 0. The lowest BCUT2D eigenvalue weighted by atomic mass is 10.1. The van der Waals surface area contributed by atoms with E-state index >= 15 is 0 Å². The molecule has 0 aliphatic heterocycles. The molecule has 102 valence electrons. The van der Waals surface area contributed by atoms with E-state index in [4.69, 9.17) is 0 Å². The van der Waals surface area contributed by atoms with Crippen LogP contribution in [0.5, 0.6) is 0 Å². The number of rotatable bonds is 5. The number of thioether (sulfide) groups is 1. The molecule has 1 unspecified atom stereocenters. The molecule has 0 saturated carbocycles. The second-order valence-corrected chi connectivity index (χ2v) is 5.59. The summed E-state index contributed by atoms with van der Waals surface area (Å²) in [5.41, 5.74) is 2.26. The number of nitrogens with zero attached hydrogens (tertiary/aromatic N) is 2. The Morgan fingerprint density at radius 1 is 1.10 bits per heavy atom. The summed E-state index contributed by atoms with van der Waals surface area (Å²) in [6, 6.07) is 20.6. The highest BCUT2D eigenvalue weighted by atomic mass is 32.2. The van der Waals surface area contributed by atoms with Gasteiger partial charge < -0.3 is 0 Å². The highest BCUT2D eigenvalue weighted by molar-refractivity contribution is 7.98. The standard InChI is InChI=1S/C17H18N2S/c1-19(13-14-6-4-3-5-7-14)17(12-18)15-8-10-16(20-2)11-9-15/h3-11,17H,13H2,1-2H3. The summed E-state index contributed by atoms with van der Waals surface area (Å²) in [5, 5.41) is 9.46. The number of nitriles is 1. The summed E-state index contributed by atoms with van der Waals surface area (Å²) in [6.45, 7) is 0.767. The molecule has 0 fully saturated rings. The largest absolute Gasteiger partial charge is 0.283 e. The van der Waals surface area contributed by atoms with Gasteiger partial charge in [0.25, 0.3) is 0 Å². The smallest absolute Gasteiger partial charge is 0.123 e. The van der Waals surface area contributed by atoms with E-state index in [2.05, 4.69) is 41.5 Å². The molecule has 0 amide bonds. The van der Waals surface area contributed by atoms with Gasteiger partial charge in [-0.1, -0.05) is 42.5 Å². The summed E-state index contributed by atoms with van der Waals surface area (Å²) in [7, 11) is 1.99. The average molecular weight is 282 g/mol. The van der Waals surface area contributed by atoms with E-state index < -0.39 is 0 Å². The first-order valence-electron chi connectivity index (χ1n) is 6.52. The highest BCUT2D eigenvalue weighted by Gasteiger charge is 2.16. The molecule has 0 N–H and O–H groups in total. The Morgan fingerprint density at radius 3 is 2.30 bits per heavy atom. The Hall–Kier alpha value is -1.76. The van der Waals surface area contributed by atoms with Crippen molar-refractivity contribution >= 4 is 11.8 Å². The fourth-order valence-corrected chi connectivity index (χ4v) is 2.58. The van der Waals surface area contributed by atoms with Crippen molar-refractivity contribution in [2.45, 2.75) is 17.5 Å². The Morgan fingerprint density at radius 2 is 1.75 bits per heavy atom. The molecular formula is C17H18N2S. The van der Waals surface area contributed by atoms with Gasteiger partial charge in [-0.25, -0.2) is 0 Å². The van der Waals surface area contributed by atoms with Gasteiger partial charge in [-0.2, -0.15) is 5.26 Å². The van der Waals surface area contributed by atoms with Crippen molar-refractivity contribution in [1.29, 1.82) is 5.26 Å². The maximum Gasteiger partial charge on any atom is 0.123 e. The third kappa shape index (κ3) is 3.63. The lowest BCUT2D eigenvalue weighted by molar-refractivity contribution is 0.283. The number of hydrogen-bond acceptors (Lipinski definition) is 3. The molecule has 1 atom stereocenters. The van der Waals surface area contributed by atoms with Crippen LogP contribution in [-0.4, -0.2) is 18.2 Å². The molecule has 0 aromatic heterocycles. The van der Waals surface area contributed by atoms with E-state index in [0.29, 0.717) is 0 Å². The Labute approximate surface area is 125 Å². The Bertz CT molecular complexity index is 572. The van der Waals surface area contributed by atoms with E-state index in [1.54, 1.807) is 11.8 Å². The van der Waals surface area contributed by atoms with Gasteiger partial charge in [0, 0.05) is 11.4 Å². The lowest BCUT2D eigenvalue weighted by Crippen LogP contribution is -2.23. The van der Waals surface area contributed by atoms with Crippen LogP contribution in [0.15, 0.2) is 59.5 Å². The van der Waals surface area contributed by atoms with E-state index in [9.17, 15) is 5.26 Å². The van der Waals surface area contributed by atoms with Crippen LogP contribution in [0.1, 0.15) is 17.2 Å². The van der Waals surface area contributed by atoms with Crippen LogP contribution in [-0.2, 0) is 6.54 Å². The SMILES string of the molecule is CSc1ccc(C(C#N)N(C)Cc2ccccc2)cc1. The molecule has 0 spiro atoms. The molecule has 2 aromatic rings. The van der Waals surface area contributed by atoms with Gasteiger partial charge >= 0.3 is 0 Å². The van der Waals surface area contributed by atoms with Crippen LogP contribution < -0.4 is 0 Å². The quantitative estimate of drug-likeness (QED) is 0.772. The molecule has 0 aliphatic rings. The second-order valence-electron chi connectivity index (χ2n) is 4.71. The van der Waals surface area contributed by atoms with Gasteiger partial charge in [-0.15, -0.1) is 11.8 Å². The first kappa shape index (κ1) is 14.6. The fourth-order valence-electron chi connectivity index (χ4n) is 2.18. The van der Waals surface area contributed by atoms with E-state index in [1.165, 1.54) is 10.5 Å². The molecule has 0 heterocycles. The minimum absolute atomic E-state index is 0.217. The molecule has 0 saturated heterocycles. The van der Waals surface area contributed by atoms with Gasteiger partial charge in [-0.3, -0.25) is 4.90 Å². The zero-order chi connectivity index (χ0) is 14.4. The van der Waals surface area contributed by atoms with Crippen molar-refractivity contribution in [1.82, 2.24) is 4.90 Å². The Balaban J connectivity index is 2.12. The average Bonchev–Trinajstić information content (AvgIpc) is 2.49. The van der Waals surface area contributed by atoms with E-state index in [-0.39, 0.29) is 6.04 Å². The minimum Gasteiger partial charge on any atom is -0.283 e. The lowest BCUT2D eigenvalue weighted by Gasteiger charge is -2.23. The van der Waals surface area contributed by atoms with Crippen LogP contribution >= 0.6 is 11.8 Å². The molecule has 2 rings (SSSR count). The number of hydrogen-bond donors (Lipinski definition) is 0. The van der Waals surface area contributed by atoms with Crippen molar-refractivity contribution in [2.75, 3.05) is 13.3 Å². The van der Waals surface area contributed by atoms with Gasteiger partial charge in [0.1, 0.15) is 6.04 Å². The van der Waals surface area contributed by atoms with Gasteiger partial charge in [-0.05, 0) is 36.6 Å². The predicted octanol–water partition coefficient (Wildman–Crippen LogP) is 4.11. The fraction of sp³-hybridized carbons (Fsp3) is 0.235. The third-order valence-electron chi connectivity index (χ3n) is 3.27. The number of benzene rings is 2. The van der Waals surface area contributed by atoms with Crippen LogP contribution in [0.25, 0.3) is 0 Å². The molecule has 20 heavy (non-hydrogen) atoms. The van der Waals surface area contributed by atoms with Crippen molar-refractivity contribution in [2.24, 2.45) is 0 Å². The van der Waals surface area contributed by atoms with Gasteiger partial charge in [0.05, 0.1) is 6.07 Å². The van der Waals surface area contributed by atoms with E-state index in [0.717, 1.165) is 12.1 Å². The Kier molecular flexibility index (Phi) is 5.23. The van der Waals surface area contributed by atoms with Crippen LogP contribution in [0.3, 0.4) is 0 Å². The molecule has 0 radical (unpaired) electrons. The molecule has 3 heteroatoms. The minimum atomic E-state index is -0.217. The third-order valence-corrected chi connectivity index (χ3v) is 4.01. The van der Waals surface area contributed by atoms with Crippen LogP contribution in [0.4, 0.5) is 0 Å². The highest BCUT2D eigenvalue weighted by Crippen LogP contribution is 2.23. The molecule has 0 bridgehead atoms. The maximum absolute atomic E-state index is 9.46. The normalized spacial score (nSPS) is 12.1. The van der Waals surface area contributed by atoms with E-state index in [1.807, 2.05) is 37.4 Å². The topological polar surface area (TPSA) is 27.0 Å². The van der Waals surface area contributed by atoms with Crippen molar-refractivity contribution in [3.63, 3.8) is 0 Å². The first-order chi connectivity index (χ1) is 9.74. The summed E-state index contributed by atoms with van der Waals surface area (Å²) >= 11 is 1.71. The molecule has 2 aromatic carbocycles. The van der Waals surface area contributed by atoms with Crippen molar-refractivity contribution in [3.8, 4) is 6.07 Å². The van der Waals surface area contributed by atoms with Gasteiger partial charge in [0.15, 0.2) is 0 Å². The zero-order valence-corrected chi connectivity index (χ0v) is 12.6. The predicted molar refractivity (Wildman–Crippen MR) is 84.5 cm³/mol. The molecule has 0 aliphatic carbocycles. The zero-order valence-electron chi connectivity index (χ0n) is 11.8. The summed E-state index contributed by atoms with van der Waals surface area (Å²) in [6.07, 6.45) is 2.05. The molecular weight excluding hydrogens is 264 g/mol. The maximum atomic E-state index is 9.46. The first-order valence-corrected chi connectivity index (χ1v) is 7.75. The van der Waals surface area contributed by atoms with Crippen LogP contribution in [0, 0.1) is 11.3 Å². The van der Waals surface area contributed by atoms with Crippen molar-refractivity contribution in [3.05, 3.63) is 65.7 Å². The monoisotopic (exact) mass is 282 g/mol. The summed E-state index contributed by atoms with van der Waals surface area (Å²) < 4.78 is 0. The second kappa shape index (κ2) is 7.14. The van der Waals surface area contributed by atoms with Crippen molar-refractivity contribution < 1.29 is 0 Å². The summed E-state index contributed by atoms with van der Waals surface area (Å²) in [4.78, 5) is 3.29.